The Morgan fingerprint density at radius 3 is 2.76 bits per heavy atom. The summed E-state index contributed by atoms with van der Waals surface area (Å²) in [6.45, 7) is 3.60. The molecule has 1 aromatic carbocycles. The van der Waals surface area contributed by atoms with E-state index in [-0.39, 0.29) is 21.9 Å². The van der Waals surface area contributed by atoms with Crippen molar-refractivity contribution in [1.82, 2.24) is 34.9 Å². The summed E-state index contributed by atoms with van der Waals surface area (Å²) in [7, 11) is -4.25. The molecule has 1 amide bonds. The number of hydrogen-bond acceptors (Lipinski definition) is 9. The van der Waals surface area contributed by atoms with Crippen molar-refractivity contribution in [1.29, 1.82) is 0 Å². The molecule has 0 aliphatic heterocycles. The number of fused-ring (bicyclic) bond motifs is 1. The van der Waals surface area contributed by atoms with E-state index >= 15 is 0 Å². The molecular formula is C22H26N8O6S. The number of amides is 1. The van der Waals surface area contributed by atoms with Crippen LogP contribution in [0, 0.1) is 13.8 Å². The van der Waals surface area contributed by atoms with Crippen molar-refractivity contribution in [3.8, 4) is 0 Å². The number of aryl methyl sites for hydroxylation is 3. The number of hydrogen-bond donors (Lipinski definition) is 5. The molecule has 0 aliphatic carbocycles. The van der Waals surface area contributed by atoms with Crippen molar-refractivity contribution in [2.24, 2.45) is 0 Å². The Kier molecular flexibility index (Phi) is 7.54. The Morgan fingerprint density at radius 2 is 2.08 bits per heavy atom. The number of aromatic nitrogens is 5. The number of H-pyrrole nitrogens is 1. The van der Waals surface area contributed by atoms with Crippen LogP contribution in [0.25, 0.3) is 10.9 Å². The van der Waals surface area contributed by atoms with E-state index in [2.05, 4.69) is 35.6 Å². The monoisotopic (exact) mass is 530 g/mol. The molecule has 3 aromatic heterocycles. The quantitative estimate of drug-likeness (QED) is 0.165. The number of nitrogens with one attached hydrogen (secondary N) is 4. The molecule has 1 atom stereocenters. The number of imidazole rings is 1. The Bertz CT molecular complexity index is 1490. The minimum atomic E-state index is -4.25. The lowest BCUT2D eigenvalue weighted by Gasteiger charge is -2.15. The van der Waals surface area contributed by atoms with Gasteiger partial charge in [0.05, 0.1) is 17.3 Å². The summed E-state index contributed by atoms with van der Waals surface area (Å²) < 4.78 is 34.2. The van der Waals surface area contributed by atoms with Crippen LogP contribution < -0.4 is 15.4 Å². The lowest BCUT2D eigenvalue weighted by molar-refractivity contribution is -0.138. The van der Waals surface area contributed by atoms with Crippen LogP contribution in [0.2, 0.25) is 0 Å². The molecule has 14 nitrogen and oxygen atoms in total. The fraction of sp³-hybridized carbons (Fsp3) is 0.318. The summed E-state index contributed by atoms with van der Waals surface area (Å²) in [5, 5.41) is 23.8. The zero-order valence-electron chi connectivity index (χ0n) is 20.1. The van der Waals surface area contributed by atoms with Gasteiger partial charge in [-0.3, -0.25) is 14.3 Å². The average Bonchev–Trinajstić information content (AvgIpc) is 3.59. The van der Waals surface area contributed by atoms with Crippen molar-refractivity contribution >= 4 is 38.8 Å². The van der Waals surface area contributed by atoms with E-state index in [1.807, 2.05) is 6.07 Å². The first-order valence-electron chi connectivity index (χ1n) is 11.3. The first kappa shape index (κ1) is 25.8. The van der Waals surface area contributed by atoms with Crippen LogP contribution in [0.3, 0.4) is 0 Å². The first-order valence-corrected chi connectivity index (χ1v) is 12.8. The van der Waals surface area contributed by atoms with Crippen molar-refractivity contribution < 1.29 is 27.6 Å². The maximum absolute atomic E-state index is 12.9. The first-order chi connectivity index (χ1) is 17.7. The molecule has 4 rings (SSSR count). The van der Waals surface area contributed by atoms with E-state index in [0.29, 0.717) is 24.4 Å². The SMILES string of the molecule is Cc1noc(C)c1S(=O)(=O)NC(CNC(=O)c1cccc2c1cnn2CCCNc1ncc[nH]1)C(=O)O. The maximum Gasteiger partial charge on any atom is 0.323 e. The van der Waals surface area contributed by atoms with Gasteiger partial charge in [-0.25, -0.2) is 13.4 Å². The summed E-state index contributed by atoms with van der Waals surface area (Å²) in [6.07, 6.45) is 5.70. The maximum atomic E-state index is 12.9. The number of aliphatic carboxylic acids is 1. The van der Waals surface area contributed by atoms with E-state index < -0.39 is 34.5 Å². The topological polar surface area (TPSA) is 197 Å². The van der Waals surface area contributed by atoms with Crippen LogP contribution in [0.1, 0.15) is 28.2 Å². The zero-order valence-corrected chi connectivity index (χ0v) is 20.9. The molecule has 0 saturated heterocycles. The van der Waals surface area contributed by atoms with Crippen molar-refractivity contribution in [2.45, 2.75) is 37.8 Å². The number of carboxylic acids is 1. The summed E-state index contributed by atoms with van der Waals surface area (Å²) in [4.78, 5) is 31.5. The van der Waals surface area contributed by atoms with Crippen molar-refractivity contribution in [3.63, 3.8) is 0 Å². The van der Waals surface area contributed by atoms with Gasteiger partial charge in [0.2, 0.25) is 10.0 Å². The number of sulfonamides is 1. The fourth-order valence-corrected chi connectivity index (χ4v) is 5.37. The number of nitrogens with zero attached hydrogens (tertiary/aromatic N) is 4. The van der Waals surface area contributed by atoms with Gasteiger partial charge >= 0.3 is 5.97 Å². The molecule has 37 heavy (non-hydrogen) atoms. The van der Waals surface area contributed by atoms with Crippen LogP contribution in [0.15, 0.2) is 46.2 Å². The number of rotatable bonds is 12. The molecule has 0 spiro atoms. The Balaban J connectivity index is 1.41. The molecular weight excluding hydrogens is 504 g/mol. The van der Waals surface area contributed by atoms with Crippen LogP contribution >= 0.6 is 0 Å². The third kappa shape index (κ3) is 5.78. The smallest absolute Gasteiger partial charge is 0.323 e. The van der Waals surface area contributed by atoms with Crippen molar-refractivity contribution in [3.05, 3.63) is 53.8 Å². The average molecular weight is 531 g/mol. The van der Waals surface area contributed by atoms with Gasteiger partial charge in [0, 0.05) is 37.4 Å². The molecule has 1 unspecified atom stereocenters. The highest BCUT2D eigenvalue weighted by Crippen LogP contribution is 2.20. The van der Waals surface area contributed by atoms with Crippen molar-refractivity contribution in [2.75, 3.05) is 18.4 Å². The molecule has 4 aromatic rings. The zero-order chi connectivity index (χ0) is 26.6. The Morgan fingerprint density at radius 1 is 1.27 bits per heavy atom. The Hall–Kier alpha value is -4.24. The number of carbonyl (C=O) groups excluding carboxylic acids is 1. The molecule has 0 fully saturated rings. The number of carbonyl (C=O) groups is 2. The second-order valence-corrected chi connectivity index (χ2v) is 9.85. The molecule has 15 heteroatoms. The standard InChI is InChI=1S/C22H26N8O6S/c1-13-19(14(2)36-28-13)37(34,35)29-17(21(32)33)12-26-20(31)15-5-3-6-18-16(15)11-27-30(18)10-4-7-23-22-24-8-9-25-22/h3,5-6,8-9,11,17,29H,4,7,10,12H2,1-2H3,(H,26,31)(H,32,33)(H2,23,24,25). The van der Waals surface area contributed by atoms with Gasteiger partial charge in [0.25, 0.3) is 5.91 Å². The predicted molar refractivity (Wildman–Crippen MR) is 131 cm³/mol. The molecule has 0 radical (unpaired) electrons. The number of carboxylic acid groups (broad SMARTS) is 1. The minimum Gasteiger partial charge on any atom is -0.480 e. The van der Waals surface area contributed by atoms with E-state index in [0.717, 1.165) is 11.9 Å². The highest BCUT2D eigenvalue weighted by atomic mass is 32.2. The van der Waals surface area contributed by atoms with E-state index in [9.17, 15) is 23.1 Å². The van der Waals surface area contributed by atoms with Gasteiger partial charge in [-0.2, -0.15) is 9.82 Å². The van der Waals surface area contributed by atoms with Crippen LogP contribution in [-0.4, -0.2) is 69.4 Å². The predicted octanol–water partition coefficient (Wildman–Crippen LogP) is 1.03. The van der Waals surface area contributed by atoms with E-state index in [1.54, 1.807) is 35.4 Å². The third-order valence-electron chi connectivity index (χ3n) is 5.57. The molecule has 196 valence electrons. The number of aromatic amines is 1. The normalized spacial score (nSPS) is 12.5. The highest BCUT2D eigenvalue weighted by Gasteiger charge is 2.30. The molecule has 3 heterocycles. The Labute approximate surface area is 211 Å². The van der Waals surface area contributed by atoms with Gasteiger partial charge in [0.15, 0.2) is 11.7 Å². The van der Waals surface area contributed by atoms with E-state index in [4.69, 9.17) is 4.52 Å². The molecule has 0 saturated carbocycles. The third-order valence-corrected chi connectivity index (χ3v) is 7.28. The summed E-state index contributed by atoms with van der Waals surface area (Å²) >= 11 is 0. The number of benzene rings is 1. The summed E-state index contributed by atoms with van der Waals surface area (Å²) in [6, 6.07) is 3.50. The molecule has 5 N–H and O–H groups in total. The minimum absolute atomic E-state index is 0.0265. The second-order valence-electron chi connectivity index (χ2n) is 8.20. The van der Waals surface area contributed by atoms with E-state index in [1.165, 1.54) is 13.8 Å². The van der Waals surface area contributed by atoms with Crippen LogP contribution in [0.4, 0.5) is 5.95 Å². The van der Waals surface area contributed by atoms with Gasteiger partial charge in [-0.1, -0.05) is 11.2 Å². The summed E-state index contributed by atoms with van der Waals surface area (Å²) in [5.41, 5.74) is 1.12. The molecule has 0 bridgehead atoms. The summed E-state index contributed by atoms with van der Waals surface area (Å²) in [5.74, 6) is -1.31. The fourth-order valence-electron chi connectivity index (χ4n) is 3.85. The van der Waals surface area contributed by atoms with Gasteiger partial charge in [-0.15, -0.1) is 0 Å². The highest BCUT2D eigenvalue weighted by molar-refractivity contribution is 7.89. The van der Waals surface area contributed by atoms with Crippen LogP contribution in [0.5, 0.6) is 0 Å². The van der Waals surface area contributed by atoms with Gasteiger partial charge in [-0.05, 0) is 32.4 Å². The van der Waals surface area contributed by atoms with Crippen LogP contribution in [-0.2, 0) is 21.4 Å². The largest absolute Gasteiger partial charge is 0.480 e. The number of anilines is 1. The van der Waals surface area contributed by atoms with Gasteiger partial charge < -0.3 is 25.2 Å². The lowest BCUT2D eigenvalue weighted by Crippen LogP contribution is -2.48. The lowest BCUT2D eigenvalue weighted by atomic mass is 10.1. The second kappa shape index (κ2) is 10.8. The van der Waals surface area contributed by atoms with Gasteiger partial charge in [0.1, 0.15) is 16.6 Å². The molecule has 0 aliphatic rings.